The molecule has 1 aromatic rings. The highest BCUT2D eigenvalue weighted by molar-refractivity contribution is 7.80. The lowest BCUT2D eigenvalue weighted by Gasteiger charge is -2.34. The van der Waals surface area contributed by atoms with E-state index in [4.69, 9.17) is 17.0 Å². The van der Waals surface area contributed by atoms with Crippen LogP contribution < -0.4 is 10.6 Å². The van der Waals surface area contributed by atoms with Gasteiger partial charge in [0, 0.05) is 25.7 Å². The summed E-state index contributed by atoms with van der Waals surface area (Å²) in [4.78, 5) is 15.8. The van der Waals surface area contributed by atoms with Gasteiger partial charge < -0.3 is 15.4 Å². The van der Waals surface area contributed by atoms with Crippen molar-refractivity contribution in [2.75, 3.05) is 13.1 Å². The van der Waals surface area contributed by atoms with Gasteiger partial charge in [-0.15, -0.1) is 0 Å². The van der Waals surface area contributed by atoms with E-state index in [9.17, 15) is 4.79 Å². The Kier molecular flexibility index (Phi) is 9.99. The standard InChI is InChI=1S/C27H43N3O2S/c1-27(2,3)32-26(31)29-24(15-14-21-10-6-4-7-11-21)25(33)28-23-16-18-30(19-17-23)20-22-12-8-5-9-13-22/h5,8-9,12-13,21,23-24H,4,6-7,10-11,14-20H2,1-3H3,(H,28,33)(H,29,31)/t24-/m0/s1. The van der Waals surface area contributed by atoms with Gasteiger partial charge in [-0.3, -0.25) is 4.90 Å². The summed E-state index contributed by atoms with van der Waals surface area (Å²) in [6.07, 6.45) is 10.4. The number of hydrogen-bond acceptors (Lipinski definition) is 4. The fraction of sp³-hybridized carbons (Fsp3) is 0.704. The number of carbonyl (C=O) groups is 1. The van der Waals surface area contributed by atoms with Gasteiger partial charge in [0.05, 0.1) is 11.0 Å². The number of thiocarbonyl (C=S) groups is 1. The highest BCUT2D eigenvalue weighted by Gasteiger charge is 2.26. The lowest BCUT2D eigenvalue weighted by Crippen LogP contribution is -2.52. The molecule has 0 bridgehead atoms. The molecule has 2 N–H and O–H groups in total. The Bertz CT molecular complexity index is 735. The number of rotatable bonds is 8. The molecule has 0 radical (unpaired) electrons. The number of amides is 1. The largest absolute Gasteiger partial charge is 0.444 e. The van der Waals surface area contributed by atoms with Crippen LogP contribution >= 0.6 is 12.2 Å². The molecule has 1 aliphatic heterocycles. The van der Waals surface area contributed by atoms with Crippen molar-refractivity contribution < 1.29 is 9.53 Å². The Morgan fingerprint density at radius 1 is 1.09 bits per heavy atom. The number of carbonyl (C=O) groups excluding carboxylic acids is 1. The van der Waals surface area contributed by atoms with Gasteiger partial charge in [-0.25, -0.2) is 4.79 Å². The van der Waals surface area contributed by atoms with Crippen LogP contribution in [-0.4, -0.2) is 46.8 Å². The van der Waals surface area contributed by atoms with Gasteiger partial charge in [0.2, 0.25) is 0 Å². The topological polar surface area (TPSA) is 53.6 Å². The van der Waals surface area contributed by atoms with Crippen molar-refractivity contribution in [3.05, 3.63) is 35.9 Å². The number of benzene rings is 1. The van der Waals surface area contributed by atoms with E-state index < -0.39 is 5.60 Å². The summed E-state index contributed by atoms with van der Waals surface area (Å²) in [5.74, 6) is 0.755. The Labute approximate surface area is 206 Å². The van der Waals surface area contributed by atoms with Crippen molar-refractivity contribution in [2.45, 2.75) is 103 Å². The van der Waals surface area contributed by atoms with Crippen molar-refractivity contribution in [1.82, 2.24) is 15.5 Å². The second-order valence-electron chi connectivity index (χ2n) is 10.8. The molecule has 3 rings (SSSR count). The molecule has 1 amide bonds. The van der Waals surface area contributed by atoms with E-state index in [1.165, 1.54) is 37.7 Å². The molecule has 2 fully saturated rings. The average molecular weight is 474 g/mol. The van der Waals surface area contributed by atoms with Gasteiger partial charge in [0.25, 0.3) is 0 Å². The Hall–Kier alpha value is -1.66. The summed E-state index contributed by atoms with van der Waals surface area (Å²) < 4.78 is 5.53. The summed E-state index contributed by atoms with van der Waals surface area (Å²) in [5, 5.41) is 6.66. The minimum Gasteiger partial charge on any atom is -0.444 e. The molecule has 0 spiro atoms. The summed E-state index contributed by atoms with van der Waals surface area (Å²) in [7, 11) is 0. The number of hydrogen-bond donors (Lipinski definition) is 2. The Morgan fingerprint density at radius 2 is 1.76 bits per heavy atom. The molecule has 184 valence electrons. The fourth-order valence-corrected chi connectivity index (χ4v) is 5.32. The van der Waals surface area contributed by atoms with Crippen LogP contribution in [0.3, 0.4) is 0 Å². The monoisotopic (exact) mass is 473 g/mol. The second-order valence-corrected chi connectivity index (χ2v) is 11.3. The molecule has 1 heterocycles. The van der Waals surface area contributed by atoms with Gasteiger partial charge in [0.1, 0.15) is 5.60 Å². The van der Waals surface area contributed by atoms with Crippen LogP contribution in [0.15, 0.2) is 30.3 Å². The maximum Gasteiger partial charge on any atom is 0.408 e. The van der Waals surface area contributed by atoms with E-state index in [2.05, 4.69) is 45.9 Å². The molecule has 6 heteroatoms. The summed E-state index contributed by atoms with van der Waals surface area (Å²) in [6.45, 7) is 8.79. The predicted molar refractivity (Wildman–Crippen MR) is 139 cm³/mol. The molecular weight excluding hydrogens is 430 g/mol. The average Bonchev–Trinajstić information content (AvgIpc) is 2.78. The van der Waals surface area contributed by atoms with Crippen LogP contribution in [0.5, 0.6) is 0 Å². The first-order valence-corrected chi connectivity index (χ1v) is 13.3. The maximum absolute atomic E-state index is 12.5. The summed E-state index contributed by atoms with van der Waals surface area (Å²) in [6, 6.07) is 10.9. The third kappa shape index (κ3) is 9.62. The van der Waals surface area contributed by atoms with Crippen LogP contribution in [0.2, 0.25) is 0 Å². The van der Waals surface area contributed by atoms with E-state index in [0.29, 0.717) is 6.04 Å². The van der Waals surface area contributed by atoms with Crippen LogP contribution in [0.4, 0.5) is 4.79 Å². The molecule has 2 aliphatic rings. The van der Waals surface area contributed by atoms with Crippen molar-refractivity contribution in [3.63, 3.8) is 0 Å². The van der Waals surface area contributed by atoms with E-state index in [1.54, 1.807) is 0 Å². The fourth-order valence-electron chi connectivity index (χ4n) is 4.98. The third-order valence-corrected chi connectivity index (χ3v) is 7.18. The molecule has 5 nitrogen and oxygen atoms in total. The highest BCUT2D eigenvalue weighted by atomic mass is 32.1. The van der Waals surface area contributed by atoms with Gasteiger partial charge in [-0.05, 0) is 57.9 Å². The van der Waals surface area contributed by atoms with Crippen molar-refractivity contribution in [1.29, 1.82) is 0 Å². The van der Waals surface area contributed by atoms with E-state index in [1.807, 2.05) is 20.8 Å². The van der Waals surface area contributed by atoms with Gasteiger partial charge in [-0.2, -0.15) is 0 Å². The number of piperidine rings is 1. The SMILES string of the molecule is CC(C)(C)OC(=O)N[C@@H](CCC1CCCCC1)C(=S)NC1CCN(Cc2ccccc2)CC1. The molecular formula is C27H43N3O2S. The lowest BCUT2D eigenvalue weighted by atomic mass is 9.85. The first kappa shape index (κ1) is 26.0. The molecule has 1 aliphatic carbocycles. The van der Waals surface area contributed by atoms with E-state index >= 15 is 0 Å². The highest BCUT2D eigenvalue weighted by Crippen LogP contribution is 2.28. The number of ether oxygens (including phenoxy) is 1. The normalized spacial score (nSPS) is 19.6. The van der Waals surface area contributed by atoms with Crippen molar-refractivity contribution in [2.24, 2.45) is 5.92 Å². The first-order valence-electron chi connectivity index (χ1n) is 12.8. The molecule has 0 unspecified atom stereocenters. The molecule has 1 atom stereocenters. The zero-order chi connectivity index (χ0) is 23.7. The summed E-state index contributed by atoms with van der Waals surface area (Å²) >= 11 is 5.82. The maximum atomic E-state index is 12.5. The minimum atomic E-state index is -0.515. The minimum absolute atomic E-state index is 0.167. The molecule has 33 heavy (non-hydrogen) atoms. The van der Waals surface area contributed by atoms with Crippen LogP contribution in [0, 0.1) is 5.92 Å². The Morgan fingerprint density at radius 3 is 2.39 bits per heavy atom. The summed E-state index contributed by atoms with van der Waals surface area (Å²) in [5.41, 5.74) is 0.849. The number of nitrogens with zero attached hydrogens (tertiary/aromatic N) is 1. The van der Waals surface area contributed by atoms with Crippen molar-refractivity contribution in [3.8, 4) is 0 Å². The predicted octanol–water partition coefficient (Wildman–Crippen LogP) is 5.82. The van der Waals surface area contributed by atoms with Crippen LogP contribution in [-0.2, 0) is 11.3 Å². The van der Waals surface area contributed by atoms with Crippen LogP contribution in [0.25, 0.3) is 0 Å². The quantitative estimate of drug-likeness (QED) is 0.466. The second kappa shape index (κ2) is 12.7. The van der Waals surface area contributed by atoms with E-state index in [0.717, 1.165) is 56.2 Å². The number of nitrogens with one attached hydrogen (secondary N) is 2. The van der Waals surface area contributed by atoms with Crippen LogP contribution in [0.1, 0.15) is 84.1 Å². The smallest absolute Gasteiger partial charge is 0.408 e. The first-order chi connectivity index (χ1) is 15.8. The van der Waals surface area contributed by atoms with Gasteiger partial charge in [-0.1, -0.05) is 74.7 Å². The molecule has 0 aromatic heterocycles. The molecule has 1 saturated carbocycles. The molecule has 1 aromatic carbocycles. The lowest BCUT2D eigenvalue weighted by molar-refractivity contribution is 0.0514. The van der Waals surface area contributed by atoms with E-state index in [-0.39, 0.29) is 12.1 Å². The zero-order valence-corrected chi connectivity index (χ0v) is 21.6. The third-order valence-electron chi connectivity index (χ3n) is 6.78. The number of alkyl carbamates (subject to hydrolysis) is 1. The zero-order valence-electron chi connectivity index (χ0n) is 20.8. The Balaban J connectivity index is 1.49. The molecule has 1 saturated heterocycles. The van der Waals surface area contributed by atoms with Crippen molar-refractivity contribution >= 4 is 23.3 Å². The number of likely N-dealkylation sites (tertiary alicyclic amines) is 1. The van der Waals surface area contributed by atoms with Gasteiger partial charge >= 0.3 is 6.09 Å². The van der Waals surface area contributed by atoms with Gasteiger partial charge in [0.15, 0.2) is 0 Å².